The summed E-state index contributed by atoms with van der Waals surface area (Å²) in [6.45, 7) is 0.609. The third kappa shape index (κ3) is 4.16. The quantitative estimate of drug-likeness (QED) is 0.763. The molecule has 0 aliphatic carbocycles. The SMILES string of the molecule is CN(C)c1ccc(CCNC(=O)CCN2C(=O)c3ccccc3C2=O)cc1. The van der Waals surface area contributed by atoms with Crippen LogP contribution in [-0.4, -0.2) is 49.8 Å². The molecule has 6 nitrogen and oxygen atoms in total. The molecule has 0 saturated heterocycles. The molecule has 1 aliphatic heterocycles. The predicted octanol–water partition coefficient (Wildman–Crippen LogP) is 2.10. The summed E-state index contributed by atoms with van der Waals surface area (Å²) in [6, 6.07) is 14.9. The van der Waals surface area contributed by atoms with Crippen LogP contribution in [0, 0.1) is 0 Å². The molecule has 1 N–H and O–H groups in total. The smallest absolute Gasteiger partial charge is 0.261 e. The van der Waals surface area contributed by atoms with E-state index in [1.54, 1.807) is 24.3 Å². The van der Waals surface area contributed by atoms with Crippen molar-refractivity contribution in [1.29, 1.82) is 0 Å². The van der Waals surface area contributed by atoms with Crippen LogP contribution < -0.4 is 10.2 Å². The van der Waals surface area contributed by atoms with Crippen LogP contribution in [-0.2, 0) is 11.2 Å². The Morgan fingerprint density at radius 2 is 1.56 bits per heavy atom. The van der Waals surface area contributed by atoms with Crippen molar-refractivity contribution in [3.8, 4) is 0 Å². The Kier molecular flexibility index (Phi) is 5.54. The zero-order valence-corrected chi connectivity index (χ0v) is 15.6. The zero-order valence-electron chi connectivity index (χ0n) is 15.6. The minimum Gasteiger partial charge on any atom is -0.378 e. The third-order valence-electron chi connectivity index (χ3n) is 4.63. The van der Waals surface area contributed by atoms with E-state index in [9.17, 15) is 14.4 Å². The second-order valence-electron chi connectivity index (χ2n) is 6.72. The molecule has 6 heteroatoms. The van der Waals surface area contributed by atoms with Crippen molar-refractivity contribution in [3.05, 3.63) is 65.2 Å². The van der Waals surface area contributed by atoms with Crippen LogP contribution in [0.1, 0.15) is 32.7 Å². The zero-order chi connectivity index (χ0) is 19.4. The van der Waals surface area contributed by atoms with Gasteiger partial charge in [-0.05, 0) is 36.2 Å². The number of hydrogen-bond acceptors (Lipinski definition) is 4. The van der Waals surface area contributed by atoms with Gasteiger partial charge in [0.15, 0.2) is 0 Å². The normalized spacial score (nSPS) is 12.9. The van der Waals surface area contributed by atoms with Gasteiger partial charge >= 0.3 is 0 Å². The number of nitrogens with one attached hydrogen (secondary N) is 1. The minimum atomic E-state index is -0.329. The summed E-state index contributed by atoms with van der Waals surface area (Å²) in [5, 5.41) is 2.84. The standard InChI is InChI=1S/C21H23N3O3/c1-23(2)16-9-7-15(8-10-16)11-13-22-19(25)12-14-24-20(26)17-5-3-4-6-18(17)21(24)27/h3-10H,11-14H2,1-2H3,(H,22,25). The molecule has 3 rings (SSSR count). The predicted molar refractivity (Wildman–Crippen MR) is 104 cm³/mol. The molecule has 0 unspecified atom stereocenters. The summed E-state index contributed by atoms with van der Waals surface area (Å²) >= 11 is 0. The summed E-state index contributed by atoms with van der Waals surface area (Å²) in [7, 11) is 3.98. The monoisotopic (exact) mass is 365 g/mol. The molecule has 2 aromatic rings. The maximum absolute atomic E-state index is 12.3. The number of nitrogens with zero attached hydrogens (tertiary/aromatic N) is 2. The Balaban J connectivity index is 1.44. The van der Waals surface area contributed by atoms with Crippen molar-refractivity contribution in [3.63, 3.8) is 0 Å². The number of benzene rings is 2. The van der Waals surface area contributed by atoms with Crippen LogP contribution in [0.2, 0.25) is 0 Å². The molecule has 0 fully saturated rings. The largest absolute Gasteiger partial charge is 0.378 e. The highest BCUT2D eigenvalue weighted by Gasteiger charge is 2.34. The van der Waals surface area contributed by atoms with E-state index in [1.165, 1.54) is 0 Å². The van der Waals surface area contributed by atoms with E-state index in [2.05, 4.69) is 5.32 Å². The molecular formula is C21H23N3O3. The van der Waals surface area contributed by atoms with Gasteiger partial charge in [0.2, 0.25) is 5.91 Å². The number of anilines is 1. The van der Waals surface area contributed by atoms with Gasteiger partial charge in [-0.2, -0.15) is 0 Å². The lowest BCUT2D eigenvalue weighted by atomic mass is 10.1. The third-order valence-corrected chi connectivity index (χ3v) is 4.63. The van der Waals surface area contributed by atoms with Crippen LogP contribution in [0.5, 0.6) is 0 Å². The number of rotatable bonds is 7. The van der Waals surface area contributed by atoms with Crippen molar-refractivity contribution in [2.75, 3.05) is 32.1 Å². The summed E-state index contributed by atoms with van der Waals surface area (Å²) in [6.07, 6.45) is 0.831. The summed E-state index contributed by atoms with van der Waals surface area (Å²) in [5.41, 5.74) is 3.08. The molecule has 1 aliphatic rings. The van der Waals surface area contributed by atoms with Gasteiger partial charge in [-0.25, -0.2) is 0 Å². The van der Waals surface area contributed by atoms with Crippen LogP contribution in [0.15, 0.2) is 48.5 Å². The van der Waals surface area contributed by atoms with Gasteiger partial charge in [0.25, 0.3) is 11.8 Å². The fraction of sp³-hybridized carbons (Fsp3) is 0.286. The van der Waals surface area contributed by atoms with Gasteiger partial charge in [0.1, 0.15) is 0 Å². The van der Waals surface area contributed by atoms with E-state index in [0.717, 1.165) is 22.6 Å². The molecule has 27 heavy (non-hydrogen) atoms. The minimum absolute atomic E-state index is 0.0930. The highest BCUT2D eigenvalue weighted by atomic mass is 16.2. The Morgan fingerprint density at radius 1 is 0.963 bits per heavy atom. The fourth-order valence-electron chi connectivity index (χ4n) is 3.05. The molecule has 1 heterocycles. The molecule has 0 aromatic heterocycles. The summed E-state index contributed by atoms with van der Waals surface area (Å²) in [4.78, 5) is 39.8. The molecule has 0 saturated carbocycles. The van der Waals surface area contributed by atoms with Crippen molar-refractivity contribution in [1.82, 2.24) is 10.2 Å². The number of amides is 3. The first-order valence-corrected chi connectivity index (χ1v) is 8.95. The molecule has 3 amide bonds. The van der Waals surface area contributed by atoms with E-state index in [1.807, 2.05) is 43.3 Å². The second kappa shape index (κ2) is 8.03. The maximum atomic E-state index is 12.3. The molecule has 0 radical (unpaired) electrons. The van der Waals surface area contributed by atoms with Gasteiger partial charge in [0, 0.05) is 39.3 Å². The molecular weight excluding hydrogens is 342 g/mol. The van der Waals surface area contributed by atoms with E-state index >= 15 is 0 Å². The first kappa shape index (κ1) is 18.6. The highest BCUT2D eigenvalue weighted by molar-refractivity contribution is 6.21. The second-order valence-corrected chi connectivity index (χ2v) is 6.72. The first-order valence-electron chi connectivity index (χ1n) is 8.95. The van der Waals surface area contributed by atoms with Gasteiger partial charge in [-0.15, -0.1) is 0 Å². The van der Waals surface area contributed by atoms with Gasteiger partial charge < -0.3 is 10.2 Å². The lowest BCUT2D eigenvalue weighted by Gasteiger charge is -2.14. The van der Waals surface area contributed by atoms with Crippen molar-refractivity contribution in [2.24, 2.45) is 0 Å². The fourth-order valence-corrected chi connectivity index (χ4v) is 3.05. The van der Waals surface area contributed by atoms with Crippen LogP contribution in [0.25, 0.3) is 0 Å². The first-order chi connectivity index (χ1) is 13.0. The Hall–Kier alpha value is -3.15. The topological polar surface area (TPSA) is 69.7 Å². The van der Waals surface area contributed by atoms with Crippen LogP contribution >= 0.6 is 0 Å². The number of fused-ring (bicyclic) bond motifs is 1. The van der Waals surface area contributed by atoms with Gasteiger partial charge in [-0.1, -0.05) is 24.3 Å². The van der Waals surface area contributed by atoms with E-state index in [4.69, 9.17) is 0 Å². The molecule has 0 atom stereocenters. The average Bonchev–Trinajstić information content (AvgIpc) is 2.91. The van der Waals surface area contributed by atoms with Crippen molar-refractivity contribution >= 4 is 23.4 Å². The van der Waals surface area contributed by atoms with Crippen molar-refractivity contribution in [2.45, 2.75) is 12.8 Å². The lowest BCUT2D eigenvalue weighted by Crippen LogP contribution is -2.35. The molecule has 0 spiro atoms. The molecule has 0 bridgehead atoms. The lowest BCUT2D eigenvalue weighted by molar-refractivity contribution is -0.121. The van der Waals surface area contributed by atoms with Gasteiger partial charge in [-0.3, -0.25) is 19.3 Å². The highest BCUT2D eigenvalue weighted by Crippen LogP contribution is 2.22. The van der Waals surface area contributed by atoms with E-state index < -0.39 is 0 Å². The summed E-state index contributed by atoms with van der Waals surface area (Å²) in [5.74, 6) is -0.828. The molecule has 2 aromatic carbocycles. The van der Waals surface area contributed by atoms with E-state index in [0.29, 0.717) is 17.7 Å². The summed E-state index contributed by atoms with van der Waals surface area (Å²) < 4.78 is 0. The number of imide groups is 1. The van der Waals surface area contributed by atoms with Crippen LogP contribution in [0.4, 0.5) is 5.69 Å². The maximum Gasteiger partial charge on any atom is 0.261 e. The van der Waals surface area contributed by atoms with E-state index in [-0.39, 0.29) is 30.7 Å². The molecule has 140 valence electrons. The van der Waals surface area contributed by atoms with Crippen molar-refractivity contribution < 1.29 is 14.4 Å². The van der Waals surface area contributed by atoms with Crippen LogP contribution in [0.3, 0.4) is 0 Å². The Bertz CT molecular complexity index is 824. The number of carbonyl (C=O) groups excluding carboxylic acids is 3. The Labute approximate surface area is 158 Å². The van der Waals surface area contributed by atoms with Gasteiger partial charge in [0.05, 0.1) is 11.1 Å². The Morgan fingerprint density at radius 3 is 2.11 bits per heavy atom. The number of carbonyl (C=O) groups is 3. The average molecular weight is 365 g/mol. The number of hydrogen-bond donors (Lipinski definition) is 1.